The maximum atomic E-state index is 12.7. The lowest BCUT2D eigenvalue weighted by Crippen LogP contribution is -2.52. The molecule has 1 saturated heterocycles. The second-order valence-corrected chi connectivity index (χ2v) is 8.33. The normalized spacial score (nSPS) is 20.7. The lowest BCUT2D eigenvalue weighted by Gasteiger charge is -2.29. The molecule has 152 valence electrons. The molecule has 0 saturated carbocycles. The Morgan fingerprint density at radius 2 is 2.04 bits per heavy atom. The van der Waals surface area contributed by atoms with Gasteiger partial charge in [-0.1, -0.05) is 26.0 Å². The van der Waals surface area contributed by atoms with E-state index in [2.05, 4.69) is 37.2 Å². The Balaban J connectivity index is 1.63. The number of carbonyl (C=O) groups excluding carboxylic acids is 3. The van der Waals surface area contributed by atoms with Gasteiger partial charge in [-0.05, 0) is 49.5 Å². The summed E-state index contributed by atoms with van der Waals surface area (Å²) in [4.78, 5) is 40.1. The molecule has 3 amide bonds. The van der Waals surface area contributed by atoms with Crippen LogP contribution in [0.15, 0.2) is 18.2 Å². The van der Waals surface area contributed by atoms with Gasteiger partial charge in [0.05, 0.1) is 0 Å². The van der Waals surface area contributed by atoms with Crippen LogP contribution in [0, 0.1) is 5.92 Å². The van der Waals surface area contributed by atoms with E-state index in [1.165, 1.54) is 0 Å². The Labute approximate surface area is 166 Å². The summed E-state index contributed by atoms with van der Waals surface area (Å²) >= 11 is 0. The molecule has 7 nitrogen and oxygen atoms in total. The summed E-state index contributed by atoms with van der Waals surface area (Å²) in [6.45, 7) is 6.38. The van der Waals surface area contributed by atoms with Crippen LogP contribution >= 0.6 is 0 Å². The minimum absolute atomic E-state index is 0.132. The number of hydrogen-bond donors (Lipinski definition) is 2. The van der Waals surface area contributed by atoms with Crippen LogP contribution in [-0.4, -0.2) is 53.2 Å². The second-order valence-electron chi connectivity index (χ2n) is 8.33. The van der Waals surface area contributed by atoms with Gasteiger partial charge in [-0.15, -0.1) is 0 Å². The minimum atomic E-state index is -0.568. The number of benzene rings is 1. The molecule has 2 atom stereocenters. The molecule has 1 aromatic carbocycles. The third-order valence-electron chi connectivity index (χ3n) is 5.74. The van der Waals surface area contributed by atoms with Gasteiger partial charge in [0.15, 0.2) is 0 Å². The summed E-state index contributed by atoms with van der Waals surface area (Å²) in [5, 5.41) is 2.33. The molecule has 0 aliphatic carbocycles. The monoisotopic (exact) mass is 386 g/mol. The predicted octanol–water partition coefficient (Wildman–Crippen LogP) is 1.25. The van der Waals surface area contributed by atoms with E-state index in [9.17, 15) is 14.4 Å². The van der Waals surface area contributed by atoms with Crippen molar-refractivity contribution >= 4 is 17.7 Å². The number of carbonyl (C=O) groups is 3. The third-order valence-corrected chi connectivity index (χ3v) is 5.74. The lowest BCUT2D eigenvalue weighted by atomic mass is 10.0. The third kappa shape index (κ3) is 4.42. The van der Waals surface area contributed by atoms with Crippen molar-refractivity contribution in [2.24, 2.45) is 11.7 Å². The molecule has 2 heterocycles. The van der Waals surface area contributed by atoms with Crippen LogP contribution in [0.2, 0.25) is 0 Å². The Kier molecular flexibility index (Phi) is 6.15. The van der Waals surface area contributed by atoms with E-state index in [4.69, 9.17) is 5.73 Å². The topological polar surface area (TPSA) is 95.7 Å². The van der Waals surface area contributed by atoms with Crippen molar-refractivity contribution in [1.29, 1.82) is 0 Å². The number of hydrogen-bond acceptors (Lipinski definition) is 5. The first-order valence-electron chi connectivity index (χ1n) is 9.97. The average Bonchev–Trinajstić information content (AvgIpc) is 2.95. The molecule has 2 aliphatic rings. The first-order chi connectivity index (χ1) is 13.3. The highest BCUT2D eigenvalue weighted by Crippen LogP contribution is 2.28. The van der Waals surface area contributed by atoms with Gasteiger partial charge in [0, 0.05) is 31.1 Å². The molecule has 3 N–H and O–H groups in total. The fraction of sp³-hybridized carbons (Fsp3) is 0.571. The molecular formula is C21H30N4O3. The largest absolute Gasteiger partial charge is 0.327 e. The van der Waals surface area contributed by atoms with E-state index in [1.54, 1.807) is 4.90 Å². The van der Waals surface area contributed by atoms with E-state index in [-0.39, 0.29) is 30.2 Å². The van der Waals surface area contributed by atoms with Crippen molar-refractivity contribution in [2.45, 2.75) is 58.3 Å². The standard InChI is InChI=1S/C21H30N4O3/c1-13(2)17(22)8-9-24(3)11-14-4-5-16-15(10-14)12-25(21(16)28)18-6-7-19(26)23-20(18)27/h4-5,10,13,17-18H,6-9,11-12,22H2,1-3H3,(H,23,26,27). The highest BCUT2D eigenvalue weighted by Gasteiger charge is 2.39. The number of nitrogens with one attached hydrogen (secondary N) is 1. The Morgan fingerprint density at radius 3 is 2.71 bits per heavy atom. The maximum Gasteiger partial charge on any atom is 0.255 e. The van der Waals surface area contributed by atoms with Crippen LogP contribution in [0.1, 0.15) is 54.6 Å². The van der Waals surface area contributed by atoms with Crippen molar-refractivity contribution < 1.29 is 14.4 Å². The number of piperidine rings is 1. The van der Waals surface area contributed by atoms with Gasteiger partial charge < -0.3 is 15.5 Å². The summed E-state index contributed by atoms with van der Waals surface area (Å²) < 4.78 is 0. The number of amides is 3. The molecule has 2 unspecified atom stereocenters. The maximum absolute atomic E-state index is 12.7. The lowest BCUT2D eigenvalue weighted by molar-refractivity contribution is -0.136. The quantitative estimate of drug-likeness (QED) is 0.688. The number of imide groups is 1. The van der Waals surface area contributed by atoms with Crippen LogP contribution in [0.3, 0.4) is 0 Å². The number of nitrogens with zero attached hydrogens (tertiary/aromatic N) is 2. The van der Waals surface area contributed by atoms with Crippen molar-refractivity contribution in [1.82, 2.24) is 15.1 Å². The number of rotatable bonds is 7. The van der Waals surface area contributed by atoms with Gasteiger partial charge in [-0.25, -0.2) is 0 Å². The number of fused-ring (bicyclic) bond motifs is 1. The van der Waals surface area contributed by atoms with E-state index < -0.39 is 6.04 Å². The fourth-order valence-electron chi connectivity index (χ4n) is 3.82. The summed E-state index contributed by atoms with van der Waals surface area (Å²) in [7, 11) is 2.07. The van der Waals surface area contributed by atoms with E-state index >= 15 is 0 Å². The molecule has 0 aromatic heterocycles. The van der Waals surface area contributed by atoms with Crippen molar-refractivity contribution in [3.63, 3.8) is 0 Å². The van der Waals surface area contributed by atoms with Gasteiger partial charge >= 0.3 is 0 Å². The fourth-order valence-corrected chi connectivity index (χ4v) is 3.82. The van der Waals surface area contributed by atoms with E-state index in [0.717, 1.165) is 30.6 Å². The van der Waals surface area contributed by atoms with Gasteiger partial charge in [0.2, 0.25) is 11.8 Å². The number of nitrogens with two attached hydrogens (primary N) is 1. The molecule has 3 rings (SSSR count). The van der Waals surface area contributed by atoms with E-state index in [0.29, 0.717) is 24.4 Å². The zero-order valence-corrected chi connectivity index (χ0v) is 16.9. The molecule has 7 heteroatoms. The summed E-state index contributed by atoms with van der Waals surface area (Å²) in [5.41, 5.74) is 8.86. The molecule has 0 radical (unpaired) electrons. The van der Waals surface area contributed by atoms with Crippen molar-refractivity contribution in [3.05, 3.63) is 34.9 Å². The van der Waals surface area contributed by atoms with Crippen molar-refractivity contribution in [3.8, 4) is 0 Å². The zero-order chi connectivity index (χ0) is 20.4. The van der Waals surface area contributed by atoms with E-state index in [1.807, 2.05) is 12.1 Å². The highest BCUT2D eigenvalue weighted by atomic mass is 16.2. The first-order valence-corrected chi connectivity index (χ1v) is 9.97. The molecule has 28 heavy (non-hydrogen) atoms. The first kappa shape index (κ1) is 20.5. The van der Waals surface area contributed by atoms with Crippen LogP contribution in [0.5, 0.6) is 0 Å². The zero-order valence-electron chi connectivity index (χ0n) is 16.9. The molecular weight excluding hydrogens is 356 g/mol. The van der Waals surface area contributed by atoms with Crippen LogP contribution < -0.4 is 11.1 Å². The second kappa shape index (κ2) is 8.41. The molecule has 1 fully saturated rings. The van der Waals surface area contributed by atoms with Gasteiger partial charge in [0.1, 0.15) is 6.04 Å². The Morgan fingerprint density at radius 1 is 1.29 bits per heavy atom. The van der Waals surface area contributed by atoms with Crippen LogP contribution in [-0.2, 0) is 22.7 Å². The average molecular weight is 386 g/mol. The van der Waals surface area contributed by atoms with Gasteiger partial charge in [0.25, 0.3) is 5.91 Å². The molecule has 2 aliphatic heterocycles. The summed E-state index contributed by atoms with van der Waals surface area (Å²) in [6, 6.07) is 5.51. The molecule has 1 aromatic rings. The SMILES string of the molecule is CC(C)C(N)CCN(C)Cc1ccc2c(c1)CN(C1CCC(=O)NC1=O)C2=O. The molecule has 0 spiro atoms. The smallest absolute Gasteiger partial charge is 0.255 e. The van der Waals surface area contributed by atoms with Crippen LogP contribution in [0.25, 0.3) is 0 Å². The molecule has 0 bridgehead atoms. The summed E-state index contributed by atoms with van der Waals surface area (Å²) in [6.07, 6.45) is 1.60. The van der Waals surface area contributed by atoms with Crippen LogP contribution in [0.4, 0.5) is 0 Å². The van der Waals surface area contributed by atoms with Gasteiger partial charge in [-0.3, -0.25) is 19.7 Å². The minimum Gasteiger partial charge on any atom is -0.327 e. The van der Waals surface area contributed by atoms with Crippen molar-refractivity contribution in [2.75, 3.05) is 13.6 Å². The Hall–Kier alpha value is -2.25. The Bertz CT molecular complexity index is 777. The predicted molar refractivity (Wildman–Crippen MR) is 106 cm³/mol. The van der Waals surface area contributed by atoms with Gasteiger partial charge in [-0.2, -0.15) is 0 Å². The summed E-state index contributed by atoms with van der Waals surface area (Å²) in [5.74, 6) is -0.309. The highest BCUT2D eigenvalue weighted by molar-refractivity contribution is 6.05.